The van der Waals surface area contributed by atoms with E-state index in [1.165, 1.54) is 12.8 Å². The van der Waals surface area contributed by atoms with Crippen LogP contribution in [0.15, 0.2) is 11.6 Å². The molecule has 0 amide bonds. The van der Waals surface area contributed by atoms with Crippen molar-refractivity contribution in [1.29, 1.82) is 0 Å². The van der Waals surface area contributed by atoms with Gasteiger partial charge in [0.25, 0.3) is 0 Å². The van der Waals surface area contributed by atoms with Crippen LogP contribution in [0.2, 0.25) is 0 Å². The fraction of sp³-hybridized carbons (Fsp3) is 0.929. The zero-order chi connectivity index (χ0) is 24.6. The fourth-order valence-corrected chi connectivity index (χ4v) is 9.36. The average Bonchev–Trinajstić information content (AvgIpc) is 3.35. The normalized spacial score (nSPS) is 49.7. The van der Waals surface area contributed by atoms with Crippen molar-refractivity contribution in [3.05, 3.63) is 11.6 Å². The van der Waals surface area contributed by atoms with Crippen LogP contribution in [0.5, 0.6) is 0 Å². The summed E-state index contributed by atoms with van der Waals surface area (Å²) < 4.78 is 46.2. The van der Waals surface area contributed by atoms with E-state index in [0.717, 1.165) is 44.1 Å². The lowest BCUT2D eigenvalue weighted by molar-refractivity contribution is -0.271. The predicted octanol–water partition coefficient (Wildman–Crippen LogP) is 6.43. The summed E-state index contributed by atoms with van der Waals surface area (Å²) in [6.45, 7) is 8.16. The van der Waals surface area contributed by atoms with Crippen molar-refractivity contribution in [3.8, 4) is 0 Å². The molecule has 1 aliphatic heterocycles. The molecular formula is C28H43F3O3. The van der Waals surface area contributed by atoms with Crippen LogP contribution in [0, 0.1) is 40.4 Å². The lowest BCUT2D eigenvalue weighted by Crippen LogP contribution is -2.55. The summed E-state index contributed by atoms with van der Waals surface area (Å²) in [4.78, 5) is 0. The number of ether oxygens (including phenoxy) is 1. The second-order valence-electron chi connectivity index (χ2n) is 13.2. The van der Waals surface area contributed by atoms with Gasteiger partial charge in [0.05, 0.1) is 12.2 Å². The highest BCUT2D eigenvalue weighted by molar-refractivity contribution is 5.28. The molecule has 6 heteroatoms. The quantitative estimate of drug-likeness (QED) is 0.452. The monoisotopic (exact) mass is 484 g/mol. The number of aliphatic hydroxyl groups is 2. The summed E-state index contributed by atoms with van der Waals surface area (Å²) in [5, 5.41) is 21.1. The smallest absolute Gasteiger partial charge is 0.387 e. The SMILES string of the molecule is C[C@H](CC[C@]1(O)CCOC1)[C@H]1CC[C@H]2[C@@H]3CC=C4C[C@](O)(C(F)(F)F)CC[C@]4(C)C3CC[C@]12C. The zero-order valence-electron chi connectivity index (χ0n) is 21.1. The molecule has 3 nitrogen and oxygen atoms in total. The van der Waals surface area contributed by atoms with Gasteiger partial charge in [-0.05, 0) is 98.2 Å². The Labute approximate surface area is 202 Å². The number of hydrogen-bond donors (Lipinski definition) is 2. The first-order valence-corrected chi connectivity index (χ1v) is 13.6. The van der Waals surface area contributed by atoms with E-state index in [1.54, 1.807) is 0 Å². The van der Waals surface area contributed by atoms with Gasteiger partial charge < -0.3 is 14.9 Å². The Morgan fingerprint density at radius 2 is 1.82 bits per heavy atom. The molecule has 1 saturated heterocycles. The van der Waals surface area contributed by atoms with Gasteiger partial charge in [-0.3, -0.25) is 0 Å². The summed E-state index contributed by atoms with van der Waals surface area (Å²) in [5.41, 5.74) is -2.28. The number of allylic oxidation sites excluding steroid dienone is 1. The van der Waals surface area contributed by atoms with Gasteiger partial charge in [-0.2, -0.15) is 13.2 Å². The Bertz CT molecular complexity index is 818. The van der Waals surface area contributed by atoms with Crippen LogP contribution < -0.4 is 0 Å². The van der Waals surface area contributed by atoms with Gasteiger partial charge in [0.1, 0.15) is 0 Å². The largest absolute Gasteiger partial charge is 0.417 e. The van der Waals surface area contributed by atoms with Crippen molar-refractivity contribution in [2.75, 3.05) is 13.2 Å². The third-order valence-corrected chi connectivity index (χ3v) is 11.6. The molecule has 194 valence electrons. The van der Waals surface area contributed by atoms with Gasteiger partial charge in [-0.25, -0.2) is 0 Å². The Morgan fingerprint density at radius 3 is 2.50 bits per heavy atom. The first kappa shape index (κ1) is 25.1. The van der Waals surface area contributed by atoms with E-state index in [0.29, 0.717) is 49.2 Å². The van der Waals surface area contributed by atoms with Gasteiger partial charge in [0.2, 0.25) is 0 Å². The van der Waals surface area contributed by atoms with E-state index < -0.39 is 17.4 Å². The van der Waals surface area contributed by atoms with E-state index in [1.807, 2.05) is 0 Å². The molecule has 2 N–H and O–H groups in total. The van der Waals surface area contributed by atoms with Crippen molar-refractivity contribution >= 4 is 0 Å². The highest BCUT2D eigenvalue weighted by atomic mass is 19.4. The maximum Gasteiger partial charge on any atom is 0.417 e. The Balaban J connectivity index is 1.31. The van der Waals surface area contributed by atoms with E-state index in [4.69, 9.17) is 4.74 Å². The summed E-state index contributed by atoms with van der Waals surface area (Å²) in [7, 11) is 0. The first-order chi connectivity index (χ1) is 15.8. The van der Waals surface area contributed by atoms with Crippen LogP contribution in [0.3, 0.4) is 0 Å². The molecule has 3 saturated carbocycles. The van der Waals surface area contributed by atoms with E-state index in [-0.39, 0.29) is 23.7 Å². The molecule has 34 heavy (non-hydrogen) atoms. The van der Waals surface area contributed by atoms with E-state index in [9.17, 15) is 23.4 Å². The highest BCUT2D eigenvalue weighted by Crippen LogP contribution is 2.68. The first-order valence-electron chi connectivity index (χ1n) is 13.6. The van der Waals surface area contributed by atoms with Gasteiger partial charge in [-0.15, -0.1) is 0 Å². The van der Waals surface area contributed by atoms with Crippen molar-refractivity contribution < 1.29 is 28.1 Å². The number of fused-ring (bicyclic) bond motifs is 5. The van der Waals surface area contributed by atoms with E-state index in [2.05, 4.69) is 26.8 Å². The maximum atomic E-state index is 13.6. The topological polar surface area (TPSA) is 49.7 Å². The number of alkyl halides is 3. The molecule has 4 aliphatic carbocycles. The molecule has 0 bridgehead atoms. The maximum absolute atomic E-state index is 13.6. The second-order valence-corrected chi connectivity index (χ2v) is 13.2. The summed E-state index contributed by atoms with van der Waals surface area (Å²) in [6, 6.07) is 0. The number of halogens is 3. The number of rotatable bonds is 4. The predicted molar refractivity (Wildman–Crippen MR) is 125 cm³/mol. The van der Waals surface area contributed by atoms with Crippen LogP contribution in [0.4, 0.5) is 13.2 Å². The minimum absolute atomic E-state index is 0.179. The molecule has 0 aromatic rings. The highest BCUT2D eigenvalue weighted by Gasteiger charge is 2.63. The standard InChI is InChI=1S/C28H43F3O3/c1-18(8-11-26(32)14-15-34-17-26)21-6-7-22-20-5-4-19-16-27(33,28(29,30)31)13-12-24(19,2)23(20)9-10-25(21,22)3/h4,18,20-23,32-33H,5-17H2,1-3H3/t18-,20+,21-,22+,23?,24+,25-,26+,27+/m1/s1. The summed E-state index contributed by atoms with van der Waals surface area (Å²) in [5.74, 6) is 2.78. The minimum atomic E-state index is -4.57. The molecule has 1 unspecified atom stereocenters. The van der Waals surface area contributed by atoms with Crippen LogP contribution in [0.1, 0.15) is 91.4 Å². The lowest BCUT2D eigenvalue weighted by atomic mass is 9.46. The molecular weight excluding hydrogens is 441 g/mol. The lowest BCUT2D eigenvalue weighted by Gasteiger charge is -2.59. The molecule has 1 heterocycles. The van der Waals surface area contributed by atoms with Gasteiger partial charge in [0, 0.05) is 19.4 Å². The van der Waals surface area contributed by atoms with Crippen molar-refractivity contribution in [2.24, 2.45) is 40.4 Å². The van der Waals surface area contributed by atoms with Crippen molar-refractivity contribution in [1.82, 2.24) is 0 Å². The molecule has 0 aromatic heterocycles. The fourth-order valence-electron chi connectivity index (χ4n) is 9.36. The number of hydrogen-bond acceptors (Lipinski definition) is 3. The van der Waals surface area contributed by atoms with Gasteiger partial charge in [-0.1, -0.05) is 32.4 Å². The van der Waals surface area contributed by atoms with E-state index >= 15 is 0 Å². The molecule has 5 aliphatic rings. The van der Waals surface area contributed by atoms with Crippen molar-refractivity contribution in [3.63, 3.8) is 0 Å². The minimum Gasteiger partial charge on any atom is -0.387 e. The molecule has 0 aromatic carbocycles. The van der Waals surface area contributed by atoms with Crippen LogP contribution in [0.25, 0.3) is 0 Å². The van der Waals surface area contributed by atoms with Crippen LogP contribution in [-0.4, -0.2) is 40.8 Å². The molecule has 0 radical (unpaired) electrons. The second kappa shape index (κ2) is 8.21. The van der Waals surface area contributed by atoms with Crippen LogP contribution in [-0.2, 0) is 4.74 Å². The zero-order valence-corrected chi connectivity index (χ0v) is 21.1. The molecule has 4 fully saturated rings. The molecule has 0 spiro atoms. The summed E-state index contributed by atoms with van der Waals surface area (Å²) in [6.07, 6.45) is 5.64. The Morgan fingerprint density at radius 1 is 1.06 bits per heavy atom. The summed E-state index contributed by atoms with van der Waals surface area (Å²) >= 11 is 0. The van der Waals surface area contributed by atoms with Crippen molar-refractivity contribution in [2.45, 2.75) is 109 Å². The average molecular weight is 485 g/mol. The third-order valence-electron chi connectivity index (χ3n) is 11.6. The molecule has 9 atom stereocenters. The third kappa shape index (κ3) is 3.80. The molecule has 5 rings (SSSR count). The van der Waals surface area contributed by atoms with Gasteiger partial charge in [0.15, 0.2) is 5.60 Å². The Hall–Kier alpha value is -0.590. The Kier molecular flexibility index (Phi) is 6.05. The van der Waals surface area contributed by atoms with Gasteiger partial charge >= 0.3 is 6.18 Å². The van der Waals surface area contributed by atoms with Crippen LogP contribution >= 0.6 is 0 Å².